The van der Waals surface area contributed by atoms with Crippen molar-refractivity contribution >= 4 is 27.2 Å². The normalized spacial score (nSPS) is 10.5. The first-order valence-electron chi connectivity index (χ1n) is 4.71. The van der Waals surface area contributed by atoms with E-state index in [4.69, 9.17) is 13.3 Å². The Kier molecular flexibility index (Phi) is 12.4. The van der Waals surface area contributed by atoms with Gasteiger partial charge in [-0.1, -0.05) is 0 Å². The summed E-state index contributed by atoms with van der Waals surface area (Å²) in [6, 6.07) is 0.833. The van der Waals surface area contributed by atoms with E-state index in [-0.39, 0.29) is 5.78 Å². The van der Waals surface area contributed by atoms with Crippen LogP contribution in [0.25, 0.3) is 0 Å². The standard InChI is InChI=1S/C6H16O3SSi.C3H6O/c1-7-11(8-2,9-3)6-4-5-10;1-3(2)4/h10H,4-6H2,1-3H3;1-2H3. The molecule has 15 heavy (non-hydrogen) atoms. The lowest BCUT2D eigenvalue weighted by Gasteiger charge is -2.23. The van der Waals surface area contributed by atoms with Crippen LogP contribution in [-0.4, -0.2) is 41.7 Å². The van der Waals surface area contributed by atoms with E-state index >= 15 is 0 Å². The highest BCUT2D eigenvalue weighted by Gasteiger charge is 2.36. The summed E-state index contributed by atoms with van der Waals surface area (Å²) in [4.78, 5) is 9.44. The topological polar surface area (TPSA) is 44.8 Å². The van der Waals surface area contributed by atoms with Crippen LogP contribution in [0.1, 0.15) is 20.3 Å². The lowest BCUT2D eigenvalue weighted by molar-refractivity contribution is -0.114. The zero-order valence-electron chi connectivity index (χ0n) is 10.2. The van der Waals surface area contributed by atoms with Gasteiger partial charge in [-0.25, -0.2) is 0 Å². The summed E-state index contributed by atoms with van der Waals surface area (Å²) < 4.78 is 15.6. The molecule has 0 atom stereocenters. The molecule has 0 aromatic heterocycles. The van der Waals surface area contributed by atoms with Crippen LogP contribution in [-0.2, 0) is 18.1 Å². The lowest BCUT2D eigenvalue weighted by atomic mass is 10.6. The Bertz CT molecular complexity index is 150. The van der Waals surface area contributed by atoms with Crippen LogP contribution in [0.4, 0.5) is 0 Å². The van der Waals surface area contributed by atoms with Crippen molar-refractivity contribution in [3.63, 3.8) is 0 Å². The van der Waals surface area contributed by atoms with Crippen molar-refractivity contribution in [3.8, 4) is 0 Å². The minimum absolute atomic E-state index is 0.167. The molecule has 0 aliphatic heterocycles. The van der Waals surface area contributed by atoms with Gasteiger partial charge in [0, 0.05) is 27.4 Å². The molecule has 0 amide bonds. The van der Waals surface area contributed by atoms with Gasteiger partial charge in [-0.2, -0.15) is 12.6 Å². The summed E-state index contributed by atoms with van der Waals surface area (Å²) in [6.07, 6.45) is 0.963. The fraction of sp³-hybridized carbons (Fsp3) is 0.889. The molecule has 0 heterocycles. The number of carbonyl (C=O) groups is 1. The summed E-state index contributed by atoms with van der Waals surface area (Å²) in [5.41, 5.74) is 0. The van der Waals surface area contributed by atoms with E-state index in [1.807, 2.05) is 0 Å². The SMILES string of the molecule is CC(C)=O.CO[Si](CCCS)(OC)OC. The Morgan fingerprint density at radius 3 is 1.67 bits per heavy atom. The molecule has 4 nitrogen and oxygen atoms in total. The van der Waals surface area contributed by atoms with Crippen LogP contribution >= 0.6 is 12.6 Å². The first kappa shape index (κ1) is 17.5. The summed E-state index contributed by atoms with van der Waals surface area (Å²) in [6.45, 7) is 3.06. The molecule has 6 heteroatoms. The van der Waals surface area contributed by atoms with Crippen LogP contribution in [0.5, 0.6) is 0 Å². The molecular weight excluding hydrogens is 232 g/mol. The lowest BCUT2D eigenvalue weighted by Crippen LogP contribution is -2.42. The molecule has 0 N–H and O–H groups in total. The van der Waals surface area contributed by atoms with Gasteiger partial charge in [0.25, 0.3) is 0 Å². The smallest absolute Gasteiger partial charge is 0.377 e. The third-order valence-electron chi connectivity index (χ3n) is 1.57. The highest BCUT2D eigenvalue weighted by atomic mass is 32.1. The van der Waals surface area contributed by atoms with E-state index in [1.54, 1.807) is 21.3 Å². The average molecular weight is 254 g/mol. The van der Waals surface area contributed by atoms with E-state index in [0.717, 1.165) is 18.2 Å². The number of thiol groups is 1. The zero-order chi connectivity index (χ0) is 12.3. The maximum atomic E-state index is 9.44. The summed E-state index contributed by atoms with van der Waals surface area (Å²) in [7, 11) is 2.58. The van der Waals surface area contributed by atoms with Crippen molar-refractivity contribution in [2.24, 2.45) is 0 Å². The van der Waals surface area contributed by atoms with Crippen molar-refractivity contribution in [2.75, 3.05) is 27.1 Å². The van der Waals surface area contributed by atoms with Crippen molar-refractivity contribution in [1.82, 2.24) is 0 Å². The molecule has 92 valence electrons. The molecule has 0 spiro atoms. The average Bonchev–Trinajstić information content (AvgIpc) is 2.20. The summed E-state index contributed by atoms with van der Waals surface area (Å²) >= 11 is 4.10. The van der Waals surface area contributed by atoms with E-state index in [0.29, 0.717) is 0 Å². The molecule has 0 saturated heterocycles. The van der Waals surface area contributed by atoms with Gasteiger partial charge in [-0.3, -0.25) is 0 Å². The molecule has 0 radical (unpaired) electrons. The second kappa shape index (κ2) is 10.6. The van der Waals surface area contributed by atoms with Crippen LogP contribution in [0, 0.1) is 0 Å². The monoisotopic (exact) mass is 254 g/mol. The maximum absolute atomic E-state index is 9.44. The second-order valence-corrected chi connectivity index (χ2v) is 6.57. The molecule has 0 fully saturated rings. The van der Waals surface area contributed by atoms with Crippen LogP contribution in [0.3, 0.4) is 0 Å². The largest absolute Gasteiger partial charge is 0.500 e. The fourth-order valence-corrected chi connectivity index (χ4v) is 3.03. The molecule has 0 aliphatic carbocycles. The maximum Gasteiger partial charge on any atom is 0.500 e. The number of rotatable bonds is 6. The van der Waals surface area contributed by atoms with Gasteiger partial charge in [-0.15, -0.1) is 0 Å². The predicted molar refractivity (Wildman–Crippen MR) is 66.4 cm³/mol. The van der Waals surface area contributed by atoms with Crippen molar-refractivity contribution < 1.29 is 18.1 Å². The Morgan fingerprint density at radius 1 is 1.13 bits per heavy atom. The van der Waals surface area contributed by atoms with Gasteiger partial charge in [0.2, 0.25) is 0 Å². The van der Waals surface area contributed by atoms with E-state index in [2.05, 4.69) is 12.6 Å². The third kappa shape index (κ3) is 10.4. The highest BCUT2D eigenvalue weighted by molar-refractivity contribution is 7.80. The number of hydrogen-bond donors (Lipinski definition) is 1. The van der Waals surface area contributed by atoms with E-state index in [1.165, 1.54) is 13.8 Å². The third-order valence-corrected chi connectivity index (χ3v) is 4.72. The predicted octanol–water partition coefficient (Wildman–Crippen LogP) is 1.78. The van der Waals surface area contributed by atoms with Gasteiger partial charge >= 0.3 is 8.80 Å². The fourth-order valence-electron chi connectivity index (χ4n) is 0.852. The first-order valence-corrected chi connectivity index (χ1v) is 7.28. The van der Waals surface area contributed by atoms with Crippen LogP contribution < -0.4 is 0 Å². The molecular formula is C9H22O4SSi. The number of ketones is 1. The second-order valence-electron chi connectivity index (χ2n) is 3.03. The Hall–Kier alpha value is 0.117. The van der Waals surface area contributed by atoms with E-state index < -0.39 is 8.80 Å². The molecule has 0 aromatic carbocycles. The number of hydrogen-bond acceptors (Lipinski definition) is 5. The van der Waals surface area contributed by atoms with Gasteiger partial charge in [0.05, 0.1) is 0 Å². The van der Waals surface area contributed by atoms with Crippen molar-refractivity contribution in [3.05, 3.63) is 0 Å². The number of Topliss-reactive ketones (excluding diaryl/α,β-unsaturated/α-hetero) is 1. The molecule has 0 aromatic rings. The Morgan fingerprint density at radius 2 is 1.47 bits per heavy atom. The van der Waals surface area contributed by atoms with Crippen molar-refractivity contribution in [1.29, 1.82) is 0 Å². The summed E-state index contributed by atoms with van der Waals surface area (Å²) in [5, 5.41) is 0. The zero-order valence-corrected chi connectivity index (χ0v) is 12.1. The molecule has 0 unspecified atom stereocenters. The van der Waals surface area contributed by atoms with Gasteiger partial charge < -0.3 is 18.1 Å². The van der Waals surface area contributed by atoms with Gasteiger partial charge in [0.1, 0.15) is 5.78 Å². The Balaban J connectivity index is 0. The number of carbonyl (C=O) groups excluding carboxylic acids is 1. The minimum Gasteiger partial charge on any atom is -0.377 e. The molecule has 0 aliphatic rings. The van der Waals surface area contributed by atoms with E-state index in [9.17, 15) is 4.79 Å². The van der Waals surface area contributed by atoms with Gasteiger partial charge in [0.15, 0.2) is 0 Å². The first-order chi connectivity index (χ1) is 6.97. The quantitative estimate of drug-likeness (QED) is 0.580. The van der Waals surface area contributed by atoms with Gasteiger partial charge in [-0.05, 0) is 26.0 Å². The highest BCUT2D eigenvalue weighted by Crippen LogP contribution is 2.14. The minimum atomic E-state index is -2.29. The van der Waals surface area contributed by atoms with Crippen LogP contribution in [0.15, 0.2) is 0 Å². The molecule has 0 bridgehead atoms. The van der Waals surface area contributed by atoms with Crippen LogP contribution in [0.2, 0.25) is 6.04 Å². The summed E-state index contributed by atoms with van der Waals surface area (Å²) in [5.74, 6) is 1.00. The Labute approximate surface area is 99.1 Å². The molecule has 0 saturated carbocycles. The van der Waals surface area contributed by atoms with Crippen molar-refractivity contribution in [2.45, 2.75) is 26.3 Å². The molecule has 0 rings (SSSR count).